The maximum atomic E-state index is 12.6. The van der Waals surface area contributed by atoms with Crippen LogP contribution in [0.15, 0.2) is 42.5 Å². The number of nitrogens with one attached hydrogen (secondary N) is 1. The van der Waals surface area contributed by atoms with Crippen molar-refractivity contribution in [3.05, 3.63) is 64.2 Å². The van der Waals surface area contributed by atoms with E-state index in [9.17, 15) is 18.0 Å². The molecule has 0 atom stereocenters. The van der Waals surface area contributed by atoms with E-state index in [4.69, 9.17) is 21.4 Å². The normalized spacial score (nSPS) is 11.2. The largest absolute Gasteiger partial charge is 0.487 e. The topological polar surface area (TPSA) is 58.6 Å². The van der Waals surface area contributed by atoms with Gasteiger partial charge in [0.2, 0.25) is 0 Å². The Labute approximate surface area is 147 Å². The monoisotopic (exact) mass is 373 g/mol. The second kappa shape index (κ2) is 8.22. The van der Waals surface area contributed by atoms with Crippen LogP contribution in [-0.2, 0) is 12.8 Å². The van der Waals surface area contributed by atoms with Crippen molar-refractivity contribution >= 4 is 17.5 Å². The Bertz CT molecular complexity index is 750. The van der Waals surface area contributed by atoms with Gasteiger partial charge in [-0.15, -0.1) is 0 Å². The summed E-state index contributed by atoms with van der Waals surface area (Å²) in [5.74, 6) is -0.228. The Hall–Kier alpha value is -2.25. The molecule has 0 aromatic heterocycles. The molecule has 0 bridgehead atoms. The Morgan fingerprint density at radius 3 is 2.60 bits per heavy atom. The SMILES string of the molecule is O=C(NCCO)c1cccc(COc2ccc(C(F)(F)F)cc2Cl)c1. The number of alkyl halides is 3. The maximum Gasteiger partial charge on any atom is 0.416 e. The molecule has 1 amide bonds. The van der Waals surface area contributed by atoms with Crippen molar-refractivity contribution in [2.45, 2.75) is 12.8 Å². The molecule has 8 heteroatoms. The van der Waals surface area contributed by atoms with Crippen molar-refractivity contribution in [2.24, 2.45) is 0 Å². The summed E-state index contributed by atoms with van der Waals surface area (Å²) in [7, 11) is 0. The second-order valence-electron chi connectivity index (χ2n) is 5.11. The Balaban J connectivity index is 2.05. The molecular weight excluding hydrogens is 359 g/mol. The van der Waals surface area contributed by atoms with Gasteiger partial charge in [-0.25, -0.2) is 0 Å². The highest BCUT2D eigenvalue weighted by Crippen LogP contribution is 2.34. The molecule has 0 saturated heterocycles. The highest BCUT2D eigenvalue weighted by molar-refractivity contribution is 6.32. The lowest BCUT2D eigenvalue weighted by atomic mass is 10.1. The summed E-state index contributed by atoms with van der Waals surface area (Å²) in [6, 6.07) is 9.40. The predicted octanol–water partition coefficient (Wildman–Crippen LogP) is 3.66. The highest BCUT2D eigenvalue weighted by atomic mass is 35.5. The summed E-state index contributed by atoms with van der Waals surface area (Å²) in [5.41, 5.74) is 0.174. The molecule has 0 saturated carbocycles. The van der Waals surface area contributed by atoms with E-state index in [0.717, 1.165) is 18.2 Å². The smallest absolute Gasteiger partial charge is 0.416 e. The van der Waals surface area contributed by atoms with Gasteiger partial charge in [0, 0.05) is 12.1 Å². The van der Waals surface area contributed by atoms with E-state index in [1.807, 2.05) is 0 Å². The van der Waals surface area contributed by atoms with Crippen molar-refractivity contribution in [1.82, 2.24) is 5.32 Å². The first-order chi connectivity index (χ1) is 11.8. The molecule has 134 valence electrons. The lowest BCUT2D eigenvalue weighted by Gasteiger charge is -2.12. The second-order valence-corrected chi connectivity index (χ2v) is 5.52. The van der Waals surface area contributed by atoms with Gasteiger partial charge < -0.3 is 15.2 Å². The molecule has 0 fully saturated rings. The third-order valence-corrected chi connectivity index (χ3v) is 3.54. The summed E-state index contributed by atoms with van der Waals surface area (Å²) < 4.78 is 43.3. The van der Waals surface area contributed by atoms with Crippen LogP contribution < -0.4 is 10.1 Å². The summed E-state index contributed by atoms with van der Waals surface area (Å²) in [4.78, 5) is 11.8. The highest BCUT2D eigenvalue weighted by Gasteiger charge is 2.31. The van der Waals surface area contributed by atoms with Crippen LogP contribution in [0, 0.1) is 0 Å². The summed E-state index contributed by atoms with van der Waals surface area (Å²) in [6.45, 7) is 0.00783. The van der Waals surface area contributed by atoms with Crippen LogP contribution in [0.1, 0.15) is 21.5 Å². The fraction of sp³-hybridized carbons (Fsp3) is 0.235. The minimum Gasteiger partial charge on any atom is -0.487 e. The summed E-state index contributed by atoms with van der Waals surface area (Å²) in [5, 5.41) is 11.1. The fourth-order valence-electron chi connectivity index (χ4n) is 2.03. The first kappa shape index (κ1) is 19.1. The number of aliphatic hydroxyl groups is 1. The molecular formula is C17H15ClF3NO3. The zero-order valence-electron chi connectivity index (χ0n) is 12.9. The van der Waals surface area contributed by atoms with Crippen molar-refractivity contribution in [3.8, 4) is 5.75 Å². The number of rotatable bonds is 6. The first-order valence-corrected chi connectivity index (χ1v) is 7.66. The van der Waals surface area contributed by atoms with Gasteiger partial charge in [-0.2, -0.15) is 13.2 Å². The zero-order valence-corrected chi connectivity index (χ0v) is 13.7. The van der Waals surface area contributed by atoms with Crippen LogP contribution in [0.2, 0.25) is 5.02 Å². The van der Waals surface area contributed by atoms with E-state index in [2.05, 4.69) is 5.32 Å². The van der Waals surface area contributed by atoms with Gasteiger partial charge in [0.1, 0.15) is 12.4 Å². The zero-order chi connectivity index (χ0) is 18.4. The van der Waals surface area contributed by atoms with E-state index < -0.39 is 11.7 Å². The standard InChI is InChI=1S/C17H15ClF3NO3/c18-14-9-13(17(19,20)21)4-5-15(14)25-10-11-2-1-3-12(8-11)16(24)22-6-7-23/h1-5,8-9,23H,6-7,10H2,(H,22,24). The van der Waals surface area contributed by atoms with Crippen LogP contribution in [0.25, 0.3) is 0 Å². The molecule has 0 spiro atoms. The summed E-state index contributed by atoms with van der Waals surface area (Å²) in [6.07, 6.45) is -4.47. The average Bonchev–Trinajstić information content (AvgIpc) is 2.58. The Morgan fingerprint density at radius 2 is 1.96 bits per heavy atom. The van der Waals surface area contributed by atoms with Crippen LogP contribution in [0.5, 0.6) is 5.75 Å². The Morgan fingerprint density at radius 1 is 1.20 bits per heavy atom. The molecule has 0 heterocycles. The molecule has 0 aliphatic heterocycles. The van der Waals surface area contributed by atoms with Crippen LogP contribution >= 0.6 is 11.6 Å². The van der Waals surface area contributed by atoms with Crippen molar-refractivity contribution in [1.29, 1.82) is 0 Å². The lowest BCUT2D eigenvalue weighted by Crippen LogP contribution is -2.26. The van der Waals surface area contributed by atoms with E-state index in [-0.39, 0.29) is 36.4 Å². The van der Waals surface area contributed by atoms with Crippen molar-refractivity contribution < 1.29 is 27.8 Å². The van der Waals surface area contributed by atoms with E-state index in [0.29, 0.717) is 11.1 Å². The average molecular weight is 374 g/mol. The van der Waals surface area contributed by atoms with Gasteiger partial charge >= 0.3 is 6.18 Å². The molecule has 0 radical (unpaired) electrons. The third kappa shape index (κ3) is 5.37. The quantitative estimate of drug-likeness (QED) is 0.812. The van der Waals surface area contributed by atoms with Gasteiger partial charge in [0.05, 0.1) is 17.2 Å². The number of amides is 1. The molecule has 25 heavy (non-hydrogen) atoms. The minimum atomic E-state index is -4.47. The molecule has 2 aromatic rings. The minimum absolute atomic E-state index is 0.0339. The van der Waals surface area contributed by atoms with Crippen LogP contribution in [0.4, 0.5) is 13.2 Å². The van der Waals surface area contributed by atoms with Gasteiger partial charge in [0.15, 0.2) is 0 Å². The van der Waals surface area contributed by atoms with E-state index >= 15 is 0 Å². The maximum absolute atomic E-state index is 12.6. The van der Waals surface area contributed by atoms with Gasteiger partial charge in [0.25, 0.3) is 5.91 Å². The van der Waals surface area contributed by atoms with Gasteiger partial charge in [-0.05, 0) is 35.9 Å². The van der Waals surface area contributed by atoms with Crippen LogP contribution in [0.3, 0.4) is 0 Å². The number of hydrogen-bond donors (Lipinski definition) is 2. The number of benzene rings is 2. The molecule has 4 nitrogen and oxygen atoms in total. The first-order valence-electron chi connectivity index (χ1n) is 7.29. The van der Waals surface area contributed by atoms with Gasteiger partial charge in [-0.3, -0.25) is 4.79 Å². The molecule has 0 aliphatic rings. The van der Waals surface area contributed by atoms with Gasteiger partial charge in [-0.1, -0.05) is 23.7 Å². The van der Waals surface area contributed by atoms with Crippen molar-refractivity contribution in [2.75, 3.05) is 13.2 Å². The Kier molecular flexibility index (Phi) is 6.27. The number of ether oxygens (including phenoxy) is 1. The third-order valence-electron chi connectivity index (χ3n) is 3.24. The van der Waals surface area contributed by atoms with E-state index in [1.165, 1.54) is 0 Å². The summed E-state index contributed by atoms with van der Waals surface area (Å²) >= 11 is 5.83. The molecule has 2 N–H and O–H groups in total. The van der Waals surface area contributed by atoms with E-state index in [1.54, 1.807) is 24.3 Å². The molecule has 0 unspecified atom stereocenters. The van der Waals surface area contributed by atoms with Crippen LogP contribution in [-0.4, -0.2) is 24.2 Å². The van der Waals surface area contributed by atoms with Crippen molar-refractivity contribution in [3.63, 3.8) is 0 Å². The number of carbonyl (C=O) groups is 1. The number of halogens is 4. The number of hydrogen-bond acceptors (Lipinski definition) is 3. The number of carbonyl (C=O) groups excluding carboxylic acids is 1. The molecule has 0 aliphatic carbocycles. The number of aliphatic hydroxyl groups excluding tert-OH is 1. The predicted molar refractivity (Wildman–Crippen MR) is 86.6 cm³/mol. The lowest BCUT2D eigenvalue weighted by molar-refractivity contribution is -0.137. The fourth-order valence-corrected chi connectivity index (χ4v) is 2.26. The molecule has 2 aromatic carbocycles. The molecule has 2 rings (SSSR count).